The number of hydrogen-bond donors (Lipinski definition) is 3. The van der Waals surface area contributed by atoms with E-state index in [9.17, 15) is 27.2 Å². The van der Waals surface area contributed by atoms with Crippen molar-refractivity contribution in [2.24, 2.45) is 16.1 Å². The monoisotopic (exact) mass is 404 g/mol. The molecule has 0 aliphatic carbocycles. The topological polar surface area (TPSA) is 108 Å². The minimum Gasteiger partial charge on any atom is -0.376 e. The van der Waals surface area contributed by atoms with Crippen LogP contribution in [0.1, 0.15) is 26.3 Å². The Labute approximate surface area is 158 Å². The van der Waals surface area contributed by atoms with E-state index in [1.807, 2.05) is 5.32 Å². The van der Waals surface area contributed by atoms with E-state index in [0.29, 0.717) is 0 Å². The lowest BCUT2D eigenvalue weighted by Gasteiger charge is -2.46. The van der Waals surface area contributed by atoms with Crippen LogP contribution in [0.3, 0.4) is 0 Å². The van der Waals surface area contributed by atoms with E-state index in [1.165, 1.54) is 27.8 Å². The van der Waals surface area contributed by atoms with Crippen molar-refractivity contribution in [1.29, 1.82) is 0 Å². The van der Waals surface area contributed by atoms with E-state index in [0.717, 1.165) is 23.1 Å². The van der Waals surface area contributed by atoms with E-state index in [2.05, 4.69) is 4.99 Å². The zero-order chi connectivity index (χ0) is 21.7. The largest absolute Gasteiger partial charge is 0.423 e. The molecule has 1 aromatic carbocycles. The van der Waals surface area contributed by atoms with Gasteiger partial charge in [-0.1, -0.05) is 0 Å². The van der Waals surface area contributed by atoms with Crippen molar-refractivity contribution < 1.29 is 32.3 Å². The molecule has 0 saturated carbocycles. The van der Waals surface area contributed by atoms with Crippen LogP contribution in [-0.4, -0.2) is 47.1 Å². The highest BCUT2D eigenvalue weighted by Gasteiger charge is 2.54. The number of anilines is 1. The van der Waals surface area contributed by atoms with Crippen LogP contribution in [0.15, 0.2) is 23.2 Å². The molecule has 0 saturated heterocycles. The smallest absolute Gasteiger partial charge is 0.376 e. The van der Waals surface area contributed by atoms with E-state index < -0.39 is 40.9 Å². The third-order valence-corrected chi connectivity index (χ3v) is 5.05. The lowest BCUT2D eigenvalue weighted by Crippen LogP contribution is -2.58. The number of nitrogens with one attached hydrogen (secondary N) is 1. The number of guanidine groups is 1. The Hall–Kier alpha value is -2.69. The number of carbonyl (C=O) groups is 2. The third kappa shape index (κ3) is 3.41. The standard InChI is InChI=1S/C17H20F4N4O3/c1-15(2)13(28)25(4)14(22)24-16(15,3)9-7-8(5-6-10(9)18)23-12(27)11(26)17(19,20)21/h5-7,11,26H,1-4H3,(H2,22,24)(H,23,27)/t11?,16-/m1/s1. The van der Waals surface area contributed by atoms with Crippen LogP contribution in [-0.2, 0) is 15.1 Å². The minimum absolute atomic E-state index is 0.152. The molecule has 0 fully saturated rings. The van der Waals surface area contributed by atoms with E-state index in [-0.39, 0.29) is 17.2 Å². The highest BCUT2D eigenvalue weighted by molar-refractivity contribution is 6.01. The molecule has 2 rings (SSSR count). The maximum atomic E-state index is 14.6. The van der Waals surface area contributed by atoms with Crippen molar-refractivity contribution in [3.8, 4) is 0 Å². The molecule has 11 heteroatoms. The molecule has 0 radical (unpaired) electrons. The predicted molar refractivity (Wildman–Crippen MR) is 92.6 cm³/mol. The third-order valence-electron chi connectivity index (χ3n) is 5.05. The van der Waals surface area contributed by atoms with Gasteiger partial charge < -0.3 is 16.2 Å². The quantitative estimate of drug-likeness (QED) is 0.667. The Morgan fingerprint density at radius 2 is 1.89 bits per heavy atom. The first-order chi connectivity index (χ1) is 12.6. The van der Waals surface area contributed by atoms with E-state index >= 15 is 0 Å². The van der Waals surface area contributed by atoms with Crippen LogP contribution in [0.25, 0.3) is 0 Å². The van der Waals surface area contributed by atoms with Crippen molar-refractivity contribution in [2.45, 2.75) is 38.6 Å². The Morgan fingerprint density at radius 1 is 1.32 bits per heavy atom. The van der Waals surface area contributed by atoms with Crippen LogP contribution in [0.4, 0.5) is 23.2 Å². The molecule has 4 N–H and O–H groups in total. The number of rotatable bonds is 3. The van der Waals surface area contributed by atoms with Gasteiger partial charge >= 0.3 is 6.18 Å². The van der Waals surface area contributed by atoms with Gasteiger partial charge in [-0.25, -0.2) is 9.38 Å². The Morgan fingerprint density at radius 3 is 2.43 bits per heavy atom. The summed E-state index contributed by atoms with van der Waals surface area (Å²) >= 11 is 0. The second-order valence-corrected chi connectivity index (χ2v) is 7.16. The lowest BCUT2D eigenvalue weighted by atomic mass is 9.67. The maximum absolute atomic E-state index is 14.6. The Kier molecular flexibility index (Phi) is 5.19. The van der Waals surface area contributed by atoms with Gasteiger partial charge in [0.05, 0.1) is 5.41 Å². The maximum Gasteiger partial charge on any atom is 0.423 e. The van der Waals surface area contributed by atoms with Gasteiger partial charge in [0.15, 0.2) is 5.96 Å². The van der Waals surface area contributed by atoms with Gasteiger partial charge in [-0.2, -0.15) is 13.2 Å². The van der Waals surface area contributed by atoms with Crippen molar-refractivity contribution in [3.63, 3.8) is 0 Å². The Balaban J connectivity index is 2.51. The molecule has 154 valence electrons. The van der Waals surface area contributed by atoms with Gasteiger partial charge in [0.25, 0.3) is 5.91 Å². The molecule has 2 atom stereocenters. The number of carbonyl (C=O) groups excluding carboxylic acids is 2. The molecular weight excluding hydrogens is 384 g/mol. The molecule has 0 spiro atoms. The number of aliphatic imine (C=N–C) groups is 1. The summed E-state index contributed by atoms with van der Waals surface area (Å²) in [4.78, 5) is 29.6. The van der Waals surface area contributed by atoms with Crippen LogP contribution >= 0.6 is 0 Å². The fourth-order valence-corrected chi connectivity index (χ4v) is 2.91. The van der Waals surface area contributed by atoms with E-state index in [1.54, 1.807) is 0 Å². The van der Waals surface area contributed by atoms with Gasteiger partial charge in [-0.05, 0) is 39.0 Å². The normalized spacial score (nSPS) is 23.2. The average Bonchev–Trinajstić information content (AvgIpc) is 2.58. The molecule has 1 aliphatic rings. The fraction of sp³-hybridized carbons (Fsp3) is 0.471. The van der Waals surface area contributed by atoms with Gasteiger partial charge in [-0.3, -0.25) is 14.5 Å². The number of aliphatic hydroxyl groups excluding tert-OH is 1. The summed E-state index contributed by atoms with van der Waals surface area (Å²) in [7, 11) is 1.41. The van der Waals surface area contributed by atoms with Crippen LogP contribution in [0.2, 0.25) is 0 Å². The Bertz CT molecular complexity index is 853. The second kappa shape index (κ2) is 6.73. The van der Waals surface area contributed by atoms with Crippen molar-refractivity contribution in [2.75, 3.05) is 12.4 Å². The lowest BCUT2D eigenvalue weighted by molar-refractivity contribution is -0.202. The summed E-state index contributed by atoms with van der Waals surface area (Å²) < 4.78 is 52.0. The number of hydrogen-bond acceptors (Lipinski definition) is 5. The van der Waals surface area contributed by atoms with Crippen molar-refractivity contribution in [3.05, 3.63) is 29.6 Å². The zero-order valence-corrected chi connectivity index (χ0v) is 15.6. The first-order valence-electron chi connectivity index (χ1n) is 8.12. The van der Waals surface area contributed by atoms with Crippen LogP contribution in [0.5, 0.6) is 0 Å². The number of nitrogens with zero attached hydrogens (tertiary/aromatic N) is 2. The molecule has 0 bridgehead atoms. The molecule has 1 aliphatic heterocycles. The molecule has 1 aromatic rings. The molecule has 28 heavy (non-hydrogen) atoms. The number of alkyl halides is 3. The number of nitrogens with two attached hydrogens (primary N) is 1. The van der Waals surface area contributed by atoms with Crippen molar-refractivity contribution in [1.82, 2.24) is 4.90 Å². The van der Waals surface area contributed by atoms with Gasteiger partial charge in [0.1, 0.15) is 11.4 Å². The molecule has 2 amide bonds. The molecule has 1 unspecified atom stereocenters. The molecule has 7 nitrogen and oxygen atoms in total. The fourth-order valence-electron chi connectivity index (χ4n) is 2.91. The SMILES string of the molecule is CN1C(=O)C(C)(C)[C@@](C)(c2cc(NC(=O)C(O)C(F)(F)F)ccc2F)N=C1N. The van der Waals surface area contributed by atoms with Crippen LogP contribution in [0, 0.1) is 11.2 Å². The number of halogens is 4. The zero-order valence-electron chi connectivity index (χ0n) is 15.6. The first kappa shape index (κ1) is 21.6. The van der Waals surface area contributed by atoms with E-state index in [4.69, 9.17) is 10.8 Å². The average molecular weight is 404 g/mol. The summed E-state index contributed by atoms with van der Waals surface area (Å²) in [6, 6.07) is 3.01. The van der Waals surface area contributed by atoms with Crippen LogP contribution < -0.4 is 11.1 Å². The molecule has 0 aromatic heterocycles. The number of aliphatic hydroxyl groups is 1. The summed E-state index contributed by atoms with van der Waals surface area (Å²) in [6.07, 6.45) is -8.40. The summed E-state index contributed by atoms with van der Waals surface area (Å²) in [5.41, 5.74) is 2.64. The summed E-state index contributed by atoms with van der Waals surface area (Å²) in [6.45, 7) is 4.51. The first-order valence-corrected chi connectivity index (χ1v) is 8.12. The second-order valence-electron chi connectivity index (χ2n) is 7.16. The highest BCUT2D eigenvalue weighted by atomic mass is 19.4. The summed E-state index contributed by atoms with van der Waals surface area (Å²) in [5, 5.41) is 10.9. The van der Waals surface area contributed by atoms with Gasteiger partial charge in [0.2, 0.25) is 12.0 Å². The molecular formula is C17H20F4N4O3. The van der Waals surface area contributed by atoms with Crippen molar-refractivity contribution >= 4 is 23.5 Å². The molecule has 1 heterocycles. The predicted octanol–water partition coefficient (Wildman–Crippen LogP) is 1.72. The van der Waals surface area contributed by atoms with Gasteiger partial charge in [0, 0.05) is 18.3 Å². The minimum atomic E-state index is -5.15. The highest BCUT2D eigenvalue weighted by Crippen LogP contribution is 2.47. The summed E-state index contributed by atoms with van der Waals surface area (Å²) in [5.74, 6) is -3.12. The number of benzene rings is 1. The van der Waals surface area contributed by atoms with Gasteiger partial charge in [-0.15, -0.1) is 0 Å². The number of amides is 2.